The van der Waals surface area contributed by atoms with Crippen molar-refractivity contribution in [1.29, 1.82) is 0 Å². The summed E-state index contributed by atoms with van der Waals surface area (Å²) in [5, 5.41) is 4.88. The number of hydrogen-bond acceptors (Lipinski definition) is 9. The summed E-state index contributed by atoms with van der Waals surface area (Å²) in [5.41, 5.74) is 1.68. The normalized spacial score (nSPS) is 15.9. The van der Waals surface area contributed by atoms with Crippen LogP contribution in [0, 0.1) is 5.82 Å². The van der Waals surface area contributed by atoms with E-state index in [4.69, 9.17) is 23.7 Å². The Morgan fingerprint density at radius 1 is 0.977 bits per heavy atom. The maximum atomic E-state index is 13.5. The molecule has 12 nitrogen and oxygen atoms in total. The minimum atomic E-state index is -0.800. The van der Waals surface area contributed by atoms with Crippen LogP contribution >= 0.6 is 0 Å². The minimum absolute atomic E-state index is 0.144. The van der Waals surface area contributed by atoms with E-state index < -0.39 is 29.8 Å². The van der Waals surface area contributed by atoms with Gasteiger partial charge in [-0.25, -0.2) is 9.18 Å². The average molecular weight is 594 g/mol. The monoisotopic (exact) mass is 593 g/mol. The van der Waals surface area contributed by atoms with Crippen molar-refractivity contribution in [3.8, 4) is 28.7 Å². The van der Waals surface area contributed by atoms with Crippen LogP contribution in [0.2, 0.25) is 0 Å². The molecule has 0 radical (unpaired) electrons. The van der Waals surface area contributed by atoms with Gasteiger partial charge in [0.15, 0.2) is 11.5 Å². The maximum absolute atomic E-state index is 13.5. The molecule has 4 amide bonds. The lowest BCUT2D eigenvalue weighted by molar-refractivity contribution is -0.136. The first-order valence-corrected chi connectivity index (χ1v) is 13.2. The first-order valence-electron chi connectivity index (χ1n) is 13.2. The third kappa shape index (κ3) is 6.01. The summed E-state index contributed by atoms with van der Waals surface area (Å²) in [6.07, 6.45) is -0.420. The lowest BCUT2D eigenvalue weighted by atomic mass is 10.0. The van der Waals surface area contributed by atoms with Crippen molar-refractivity contribution in [2.75, 3.05) is 26.6 Å². The van der Waals surface area contributed by atoms with Crippen molar-refractivity contribution >= 4 is 29.5 Å². The Bertz CT molecular complexity index is 1610. The molecule has 1 saturated heterocycles. The van der Waals surface area contributed by atoms with Crippen LogP contribution < -0.4 is 29.6 Å². The lowest BCUT2D eigenvalue weighted by Crippen LogP contribution is -2.52. The number of carbonyl (C=O) groups excluding carboxylic acids is 4. The molecule has 1 atom stereocenters. The van der Waals surface area contributed by atoms with Gasteiger partial charge in [-0.3, -0.25) is 25.0 Å². The van der Waals surface area contributed by atoms with Crippen LogP contribution in [0.25, 0.3) is 0 Å². The SMILES string of the molecule is COc1cc(Oc2ccc(F)cc2OC)ccc1NC(=O)OCc1ccc2c(c1OC)C(=O)N(C1CCC(=O)NC1=O)C2. The summed E-state index contributed by atoms with van der Waals surface area (Å²) in [7, 11) is 4.21. The van der Waals surface area contributed by atoms with Gasteiger partial charge in [-0.05, 0) is 36.2 Å². The maximum Gasteiger partial charge on any atom is 0.412 e. The summed E-state index contributed by atoms with van der Waals surface area (Å²) in [5.74, 6) is -0.416. The van der Waals surface area contributed by atoms with Crippen molar-refractivity contribution in [3.63, 3.8) is 0 Å². The number of benzene rings is 3. The molecule has 0 aromatic heterocycles. The van der Waals surface area contributed by atoms with Crippen molar-refractivity contribution in [2.45, 2.75) is 32.0 Å². The van der Waals surface area contributed by atoms with Crippen LogP contribution in [0.3, 0.4) is 0 Å². The molecule has 5 rings (SSSR count). The highest BCUT2D eigenvalue weighted by Gasteiger charge is 2.41. The van der Waals surface area contributed by atoms with Crippen LogP contribution in [0.5, 0.6) is 28.7 Å². The molecule has 0 saturated carbocycles. The molecule has 3 aromatic carbocycles. The summed E-state index contributed by atoms with van der Waals surface area (Å²) in [6.45, 7) is -0.0340. The minimum Gasteiger partial charge on any atom is -0.495 e. The van der Waals surface area contributed by atoms with Crippen molar-refractivity contribution < 1.29 is 47.3 Å². The fourth-order valence-corrected chi connectivity index (χ4v) is 4.99. The summed E-state index contributed by atoms with van der Waals surface area (Å²) in [4.78, 5) is 51.3. The van der Waals surface area contributed by atoms with Gasteiger partial charge in [-0.15, -0.1) is 0 Å². The summed E-state index contributed by atoms with van der Waals surface area (Å²) in [6, 6.07) is 11.1. The second-order valence-corrected chi connectivity index (χ2v) is 9.65. The van der Waals surface area contributed by atoms with E-state index >= 15 is 0 Å². The first-order chi connectivity index (χ1) is 20.7. The van der Waals surface area contributed by atoms with E-state index in [2.05, 4.69) is 10.6 Å². The zero-order valence-corrected chi connectivity index (χ0v) is 23.5. The molecule has 0 bridgehead atoms. The topological polar surface area (TPSA) is 142 Å². The second kappa shape index (κ2) is 12.3. The number of carbonyl (C=O) groups is 4. The Kier molecular flexibility index (Phi) is 8.32. The lowest BCUT2D eigenvalue weighted by Gasteiger charge is -2.29. The summed E-state index contributed by atoms with van der Waals surface area (Å²) < 4.78 is 40.8. The van der Waals surface area contributed by atoms with Crippen LogP contribution in [0.4, 0.5) is 14.9 Å². The fraction of sp³-hybridized carbons (Fsp3) is 0.267. The first kappa shape index (κ1) is 29.2. The molecule has 2 aliphatic rings. The van der Waals surface area contributed by atoms with E-state index in [0.29, 0.717) is 22.6 Å². The van der Waals surface area contributed by atoms with Crippen LogP contribution in [0.15, 0.2) is 48.5 Å². The number of fused-ring (bicyclic) bond motifs is 1. The smallest absolute Gasteiger partial charge is 0.412 e. The number of anilines is 1. The highest BCUT2D eigenvalue weighted by molar-refractivity contribution is 6.06. The molecular formula is C30H28FN3O9. The van der Waals surface area contributed by atoms with E-state index in [-0.39, 0.29) is 60.5 Å². The molecule has 13 heteroatoms. The molecule has 43 heavy (non-hydrogen) atoms. The largest absolute Gasteiger partial charge is 0.495 e. The summed E-state index contributed by atoms with van der Waals surface area (Å²) >= 11 is 0. The van der Waals surface area contributed by atoms with Gasteiger partial charge in [0.2, 0.25) is 11.8 Å². The number of ether oxygens (including phenoxy) is 5. The van der Waals surface area contributed by atoms with Gasteiger partial charge in [0.25, 0.3) is 5.91 Å². The zero-order chi connectivity index (χ0) is 30.7. The molecule has 1 fully saturated rings. The predicted molar refractivity (Wildman–Crippen MR) is 149 cm³/mol. The zero-order valence-electron chi connectivity index (χ0n) is 23.5. The predicted octanol–water partition coefficient (Wildman–Crippen LogP) is 4.15. The number of imide groups is 1. The van der Waals surface area contributed by atoms with Crippen LogP contribution in [-0.2, 0) is 27.5 Å². The van der Waals surface area contributed by atoms with Crippen molar-refractivity contribution in [3.05, 3.63) is 71.0 Å². The van der Waals surface area contributed by atoms with Gasteiger partial charge >= 0.3 is 6.09 Å². The van der Waals surface area contributed by atoms with E-state index in [0.717, 1.165) is 0 Å². The standard InChI is InChI=1S/C30H28FN3O9/c1-39-23-13-19(43-22-10-6-18(31)12-24(22)40-2)7-8-20(23)32-30(38)42-15-17-5-4-16-14-34(29(37)26(16)27(17)41-3)21-9-11-25(35)33-28(21)36/h4-8,10,12-13,21H,9,11,14-15H2,1-3H3,(H,32,38)(H,33,35,36). The van der Waals surface area contributed by atoms with Gasteiger partial charge in [-0.1, -0.05) is 12.1 Å². The number of nitrogens with one attached hydrogen (secondary N) is 2. The molecule has 1 unspecified atom stereocenters. The highest BCUT2D eigenvalue weighted by Crippen LogP contribution is 2.38. The molecule has 0 spiro atoms. The van der Waals surface area contributed by atoms with E-state index in [1.807, 2.05) is 0 Å². The molecule has 3 aromatic rings. The Balaban J connectivity index is 1.25. The molecular weight excluding hydrogens is 565 g/mol. The number of piperidine rings is 1. The number of methoxy groups -OCH3 is 3. The number of hydrogen-bond donors (Lipinski definition) is 2. The number of rotatable bonds is 9. The second-order valence-electron chi connectivity index (χ2n) is 9.65. The van der Waals surface area contributed by atoms with Gasteiger partial charge in [0.1, 0.15) is 35.7 Å². The van der Waals surface area contributed by atoms with E-state index in [9.17, 15) is 23.6 Å². The van der Waals surface area contributed by atoms with Crippen LogP contribution in [-0.4, -0.2) is 56.1 Å². The molecule has 2 heterocycles. The third-order valence-electron chi connectivity index (χ3n) is 7.05. The molecule has 0 aliphatic carbocycles. The Hall–Kier alpha value is -5.33. The number of halogens is 1. The Labute approximate surface area is 245 Å². The molecule has 2 aliphatic heterocycles. The van der Waals surface area contributed by atoms with Crippen LogP contribution in [0.1, 0.15) is 34.3 Å². The number of nitrogens with zero attached hydrogens (tertiary/aromatic N) is 1. The quantitative estimate of drug-likeness (QED) is 0.350. The van der Waals surface area contributed by atoms with Gasteiger partial charge in [0.05, 0.1) is 32.6 Å². The van der Waals surface area contributed by atoms with Gasteiger partial charge in [-0.2, -0.15) is 0 Å². The Morgan fingerprint density at radius 3 is 2.49 bits per heavy atom. The Morgan fingerprint density at radius 2 is 1.77 bits per heavy atom. The fourth-order valence-electron chi connectivity index (χ4n) is 4.99. The number of amides is 4. The molecule has 224 valence electrons. The van der Waals surface area contributed by atoms with Crippen molar-refractivity contribution in [2.24, 2.45) is 0 Å². The highest BCUT2D eigenvalue weighted by atomic mass is 19.1. The van der Waals surface area contributed by atoms with E-state index in [1.165, 1.54) is 50.5 Å². The average Bonchev–Trinajstić information content (AvgIpc) is 3.33. The third-order valence-corrected chi connectivity index (χ3v) is 7.05. The van der Waals surface area contributed by atoms with Crippen molar-refractivity contribution in [1.82, 2.24) is 10.2 Å². The van der Waals surface area contributed by atoms with E-state index in [1.54, 1.807) is 24.3 Å². The van der Waals surface area contributed by atoms with Gasteiger partial charge in [0, 0.05) is 30.7 Å². The molecule has 2 N–H and O–H groups in total. The van der Waals surface area contributed by atoms with Gasteiger partial charge < -0.3 is 28.6 Å².